The Morgan fingerprint density at radius 2 is 2.25 bits per heavy atom. The van der Waals surface area contributed by atoms with Gasteiger partial charge in [-0.25, -0.2) is 0 Å². The zero-order valence-corrected chi connectivity index (χ0v) is 12.5. The highest BCUT2D eigenvalue weighted by Gasteiger charge is 2.35. The van der Waals surface area contributed by atoms with Gasteiger partial charge in [-0.05, 0) is 32.2 Å². The van der Waals surface area contributed by atoms with Gasteiger partial charge in [0.15, 0.2) is 0 Å². The lowest BCUT2D eigenvalue weighted by molar-refractivity contribution is -0.130. The minimum atomic E-state index is 0.237. The van der Waals surface area contributed by atoms with E-state index in [0.29, 0.717) is 12.1 Å². The molecule has 5 heteroatoms. The van der Waals surface area contributed by atoms with Crippen LogP contribution in [0.3, 0.4) is 0 Å². The van der Waals surface area contributed by atoms with Gasteiger partial charge in [0.05, 0.1) is 6.20 Å². The monoisotopic (exact) mass is 276 g/mol. The normalized spacial score (nSPS) is 23.2. The van der Waals surface area contributed by atoms with Crippen LogP contribution in [-0.2, 0) is 18.4 Å². The second kappa shape index (κ2) is 5.56. The lowest BCUT2D eigenvalue weighted by atomic mass is 10.2. The number of rotatable bonds is 5. The van der Waals surface area contributed by atoms with E-state index in [1.165, 1.54) is 31.2 Å². The fourth-order valence-corrected chi connectivity index (χ4v) is 3.25. The van der Waals surface area contributed by atoms with Gasteiger partial charge in [-0.2, -0.15) is 5.10 Å². The van der Waals surface area contributed by atoms with E-state index in [0.717, 1.165) is 19.6 Å². The van der Waals surface area contributed by atoms with Crippen LogP contribution in [0.5, 0.6) is 0 Å². The number of nitrogens with zero attached hydrogens (tertiary/aromatic N) is 4. The summed E-state index contributed by atoms with van der Waals surface area (Å²) in [5, 5.41) is 4.24. The zero-order chi connectivity index (χ0) is 14.1. The summed E-state index contributed by atoms with van der Waals surface area (Å²) in [6.07, 6.45) is 8.85. The van der Waals surface area contributed by atoms with Crippen molar-refractivity contribution in [1.29, 1.82) is 0 Å². The molecule has 2 heterocycles. The van der Waals surface area contributed by atoms with Crippen molar-refractivity contribution in [3.63, 3.8) is 0 Å². The van der Waals surface area contributed by atoms with Crippen LogP contribution in [0.15, 0.2) is 12.4 Å². The van der Waals surface area contributed by atoms with E-state index in [-0.39, 0.29) is 5.91 Å². The molecule has 3 rings (SSSR count). The third-order valence-corrected chi connectivity index (χ3v) is 4.44. The van der Waals surface area contributed by atoms with Gasteiger partial charge in [-0.1, -0.05) is 0 Å². The standard InChI is InChI=1S/C15H24N4O/c1-12(20)19(14-5-6-14)11-15-4-3-7-18(15)10-13-8-16-17(2)9-13/h8-9,14-15H,3-7,10-11H2,1-2H3/t15-/m1/s1. The summed E-state index contributed by atoms with van der Waals surface area (Å²) in [6.45, 7) is 4.70. The van der Waals surface area contributed by atoms with E-state index < -0.39 is 0 Å². The van der Waals surface area contributed by atoms with Crippen molar-refractivity contribution >= 4 is 5.91 Å². The van der Waals surface area contributed by atoms with E-state index in [9.17, 15) is 4.79 Å². The molecule has 1 amide bonds. The second-order valence-electron chi connectivity index (χ2n) is 6.19. The number of hydrogen-bond acceptors (Lipinski definition) is 3. The second-order valence-corrected chi connectivity index (χ2v) is 6.19. The fourth-order valence-electron chi connectivity index (χ4n) is 3.25. The van der Waals surface area contributed by atoms with Gasteiger partial charge in [-0.15, -0.1) is 0 Å². The first-order valence-corrected chi connectivity index (χ1v) is 7.62. The number of carbonyl (C=O) groups excluding carboxylic acids is 1. The third kappa shape index (κ3) is 3.03. The van der Waals surface area contributed by atoms with Gasteiger partial charge in [-0.3, -0.25) is 14.4 Å². The topological polar surface area (TPSA) is 41.4 Å². The van der Waals surface area contributed by atoms with E-state index >= 15 is 0 Å². The van der Waals surface area contributed by atoms with E-state index in [4.69, 9.17) is 0 Å². The summed E-state index contributed by atoms with van der Waals surface area (Å²) in [5.74, 6) is 0.237. The lowest BCUT2D eigenvalue weighted by Crippen LogP contribution is -2.43. The van der Waals surface area contributed by atoms with E-state index in [1.807, 2.05) is 17.9 Å². The number of aryl methyl sites for hydroxylation is 1. The summed E-state index contributed by atoms with van der Waals surface area (Å²) in [4.78, 5) is 16.4. The first-order valence-electron chi connectivity index (χ1n) is 7.62. The molecule has 0 aromatic carbocycles. The van der Waals surface area contributed by atoms with Crippen LogP contribution >= 0.6 is 0 Å². The predicted molar refractivity (Wildman–Crippen MR) is 77.0 cm³/mol. The molecule has 0 N–H and O–H groups in total. The van der Waals surface area contributed by atoms with Crippen LogP contribution < -0.4 is 0 Å². The van der Waals surface area contributed by atoms with Crippen molar-refractivity contribution in [3.05, 3.63) is 18.0 Å². The Morgan fingerprint density at radius 3 is 2.85 bits per heavy atom. The summed E-state index contributed by atoms with van der Waals surface area (Å²) < 4.78 is 1.85. The van der Waals surface area contributed by atoms with E-state index in [2.05, 4.69) is 21.1 Å². The maximum Gasteiger partial charge on any atom is 0.219 e. The quantitative estimate of drug-likeness (QED) is 0.816. The molecule has 20 heavy (non-hydrogen) atoms. The van der Waals surface area contributed by atoms with Crippen molar-refractivity contribution < 1.29 is 4.79 Å². The van der Waals surface area contributed by atoms with E-state index in [1.54, 1.807) is 6.92 Å². The van der Waals surface area contributed by atoms with Gasteiger partial charge >= 0.3 is 0 Å². The number of amides is 1. The average molecular weight is 276 g/mol. The first-order chi connectivity index (χ1) is 9.63. The largest absolute Gasteiger partial charge is 0.338 e. The highest BCUT2D eigenvalue weighted by Crippen LogP contribution is 2.29. The molecule has 0 unspecified atom stereocenters. The Hall–Kier alpha value is -1.36. The van der Waals surface area contributed by atoms with Gasteiger partial charge in [0.2, 0.25) is 5.91 Å². The van der Waals surface area contributed by atoms with Gasteiger partial charge in [0.25, 0.3) is 0 Å². The SMILES string of the molecule is CC(=O)N(C[C@H]1CCCN1Cc1cnn(C)c1)C1CC1. The van der Waals surface area contributed by atoms with Gasteiger partial charge in [0, 0.05) is 50.9 Å². The van der Waals surface area contributed by atoms with Gasteiger partial charge < -0.3 is 4.90 Å². The molecular weight excluding hydrogens is 252 g/mol. The van der Waals surface area contributed by atoms with Crippen molar-refractivity contribution in [2.45, 2.75) is 51.2 Å². The highest BCUT2D eigenvalue weighted by molar-refractivity contribution is 5.74. The summed E-state index contributed by atoms with van der Waals surface area (Å²) >= 11 is 0. The van der Waals surface area contributed by atoms with Crippen molar-refractivity contribution in [2.24, 2.45) is 7.05 Å². The number of likely N-dealkylation sites (tertiary alicyclic amines) is 1. The summed E-state index contributed by atoms with van der Waals surface area (Å²) in [5.41, 5.74) is 1.26. The van der Waals surface area contributed by atoms with Gasteiger partial charge in [0.1, 0.15) is 0 Å². The zero-order valence-electron chi connectivity index (χ0n) is 12.5. The van der Waals surface area contributed by atoms with Crippen LogP contribution in [0.25, 0.3) is 0 Å². The Kier molecular flexibility index (Phi) is 3.78. The molecule has 1 aliphatic heterocycles. The van der Waals surface area contributed by atoms with Crippen LogP contribution in [-0.4, -0.2) is 50.7 Å². The molecule has 0 spiro atoms. The molecule has 1 saturated carbocycles. The minimum absolute atomic E-state index is 0.237. The van der Waals surface area contributed by atoms with Crippen LogP contribution in [0.2, 0.25) is 0 Å². The minimum Gasteiger partial charge on any atom is -0.338 e. The predicted octanol–water partition coefficient (Wildman–Crippen LogP) is 1.40. The summed E-state index contributed by atoms with van der Waals surface area (Å²) in [6, 6.07) is 1.04. The Bertz CT molecular complexity index is 480. The van der Waals surface area contributed by atoms with Crippen LogP contribution in [0.4, 0.5) is 0 Å². The molecule has 2 fully saturated rings. The molecule has 1 aromatic heterocycles. The lowest BCUT2D eigenvalue weighted by Gasteiger charge is -2.30. The molecule has 0 radical (unpaired) electrons. The molecule has 0 bridgehead atoms. The first kappa shape index (κ1) is 13.6. The Morgan fingerprint density at radius 1 is 1.45 bits per heavy atom. The molecule has 1 aliphatic carbocycles. The third-order valence-electron chi connectivity index (χ3n) is 4.44. The molecule has 1 saturated heterocycles. The van der Waals surface area contributed by atoms with Crippen LogP contribution in [0, 0.1) is 0 Å². The number of hydrogen-bond donors (Lipinski definition) is 0. The van der Waals surface area contributed by atoms with Crippen molar-refractivity contribution in [3.8, 4) is 0 Å². The molecule has 1 aromatic rings. The molecule has 110 valence electrons. The summed E-state index contributed by atoms with van der Waals surface area (Å²) in [7, 11) is 1.95. The Balaban J connectivity index is 1.61. The number of carbonyl (C=O) groups is 1. The highest BCUT2D eigenvalue weighted by atomic mass is 16.2. The van der Waals surface area contributed by atoms with Crippen LogP contribution in [0.1, 0.15) is 38.2 Å². The molecule has 5 nitrogen and oxygen atoms in total. The fraction of sp³-hybridized carbons (Fsp3) is 0.733. The molecule has 2 aliphatic rings. The van der Waals surface area contributed by atoms with Crippen molar-refractivity contribution in [1.82, 2.24) is 19.6 Å². The number of aromatic nitrogens is 2. The van der Waals surface area contributed by atoms with Crippen molar-refractivity contribution in [2.75, 3.05) is 13.1 Å². The maximum atomic E-state index is 11.8. The average Bonchev–Trinajstić information content (AvgIpc) is 3.02. The Labute approximate surface area is 120 Å². The maximum absolute atomic E-state index is 11.8. The molecule has 1 atom stereocenters. The molecular formula is C15H24N4O. The smallest absolute Gasteiger partial charge is 0.219 e.